The number of rotatable bonds is 9. The van der Waals surface area contributed by atoms with E-state index in [1.54, 1.807) is 34.8 Å². The Labute approximate surface area is 427 Å². The zero-order valence-corrected chi connectivity index (χ0v) is 43.7. The van der Waals surface area contributed by atoms with E-state index in [4.69, 9.17) is 5.11 Å². The van der Waals surface area contributed by atoms with Crippen molar-refractivity contribution in [3.05, 3.63) is 194 Å². The second kappa shape index (κ2) is 22.5. The quantitative estimate of drug-likeness (QED) is 0.144. The van der Waals surface area contributed by atoms with Gasteiger partial charge in [-0.2, -0.15) is 0 Å². The van der Waals surface area contributed by atoms with E-state index in [9.17, 15) is 4.79 Å². The molecule has 0 saturated carbocycles. The van der Waals surface area contributed by atoms with Crippen molar-refractivity contribution in [1.29, 1.82) is 0 Å². The smallest absolute Gasteiger partial charge is 0.354 e. The first-order chi connectivity index (χ1) is 32.7. The van der Waals surface area contributed by atoms with Crippen LogP contribution >= 0.6 is 45.3 Å². The summed E-state index contributed by atoms with van der Waals surface area (Å²) in [5, 5.41) is 8.32. The van der Waals surface area contributed by atoms with Crippen LogP contribution in [0.25, 0.3) is 64.6 Å². The van der Waals surface area contributed by atoms with E-state index in [1.165, 1.54) is 98.9 Å². The summed E-state index contributed by atoms with van der Waals surface area (Å²) in [5.74, 6) is -0.990. The molecule has 9 aromatic rings. The van der Waals surface area contributed by atoms with Gasteiger partial charge in [0, 0.05) is 72.2 Å². The van der Waals surface area contributed by atoms with Crippen molar-refractivity contribution in [2.45, 2.75) is 66.2 Å². The first-order valence-corrected chi connectivity index (χ1v) is 25.5. The topological polar surface area (TPSA) is 102 Å². The Bertz CT molecular complexity index is 2820. The average Bonchev–Trinajstić information content (AvgIpc) is 4.25. The molecular formula is C56H47IrN5O2S4-2. The molecule has 1 N–H and O–H groups in total. The summed E-state index contributed by atoms with van der Waals surface area (Å²) in [5.41, 5.74) is 15.5. The second-order valence-corrected chi connectivity index (χ2v) is 21.1. The molecule has 343 valence electrons. The minimum atomic E-state index is -0.990. The maximum Gasteiger partial charge on any atom is 0.354 e. The van der Waals surface area contributed by atoms with Crippen LogP contribution < -0.4 is 0 Å². The zero-order valence-electron chi connectivity index (χ0n) is 38.0. The van der Waals surface area contributed by atoms with Crippen LogP contribution in [0.15, 0.2) is 134 Å². The number of aryl methyl sites for hydroxylation is 4. The third-order valence-corrected chi connectivity index (χ3v) is 15.9. The average molecular weight is 1140 g/mol. The number of allylic oxidation sites excluding steroid dienone is 4. The van der Waals surface area contributed by atoms with Crippen molar-refractivity contribution in [1.82, 2.24) is 24.9 Å². The number of hydrogen-bond acceptors (Lipinski definition) is 10. The summed E-state index contributed by atoms with van der Waals surface area (Å²) in [6, 6.07) is 41.2. The molecule has 7 nitrogen and oxygen atoms in total. The summed E-state index contributed by atoms with van der Waals surface area (Å²) in [7, 11) is 0. The molecule has 11 rings (SSSR count). The zero-order chi connectivity index (χ0) is 46.3. The number of carboxylic acids is 1. The molecule has 2 aliphatic rings. The molecule has 0 fully saturated rings. The Balaban J connectivity index is 0.000000154. The van der Waals surface area contributed by atoms with Gasteiger partial charge in [-0.05, 0) is 108 Å². The van der Waals surface area contributed by atoms with Crippen LogP contribution in [0.1, 0.15) is 90.8 Å². The molecule has 9 aromatic heterocycles. The van der Waals surface area contributed by atoms with Crippen LogP contribution in [-0.2, 0) is 20.1 Å². The monoisotopic (exact) mass is 1140 g/mol. The molecule has 0 atom stereocenters. The van der Waals surface area contributed by atoms with Crippen molar-refractivity contribution >= 4 is 73.6 Å². The summed E-state index contributed by atoms with van der Waals surface area (Å²) in [6.07, 6.45) is 15.8. The molecule has 0 saturated heterocycles. The van der Waals surface area contributed by atoms with Gasteiger partial charge in [0.2, 0.25) is 0 Å². The summed E-state index contributed by atoms with van der Waals surface area (Å²) < 4.78 is 0. The number of aromatic nitrogens is 5. The minimum Gasteiger partial charge on any atom is -0.477 e. The van der Waals surface area contributed by atoms with E-state index in [0.29, 0.717) is 0 Å². The van der Waals surface area contributed by atoms with Crippen molar-refractivity contribution in [2.24, 2.45) is 0 Å². The van der Waals surface area contributed by atoms with Crippen molar-refractivity contribution in [2.75, 3.05) is 0 Å². The molecule has 0 aromatic carbocycles. The Morgan fingerprint density at radius 2 is 0.838 bits per heavy atom. The van der Waals surface area contributed by atoms with Gasteiger partial charge in [0.25, 0.3) is 0 Å². The van der Waals surface area contributed by atoms with Crippen LogP contribution in [0.4, 0.5) is 0 Å². The molecule has 68 heavy (non-hydrogen) atoms. The second-order valence-electron chi connectivity index (χ2n) is 16.1. The maximum absolute atomic E-state index is 10.1. The molecule has 2 aliphatic carbocycles. The predicted molar refractivity (Wildman–Crippen MR) is 279 cm³/mol. The fourth-order valence-electron chi connectivity index (χ4n) is 8.62. The molecule has 0 bridgehead atoms. The van der Waals surface area contributed by atoms with Crippen molar-refractivity contribution < 1.29 is 30.0 Å². The van der Waals surface area contributed by atoms with E-state index >= 15 is 0 Å². The van der Waals surface area contributed by atoms with Gasteiger partial charge in [0.05, 0.1) is 21.1 Å². The van der Waals surface area contributed by atoms with Gasteiger partial charge < -0.3 is 15.1 Å². The van der Waals surface area contributed by atoms with Crippen LogP contribution in [0.2, 0.25) is 0 Å². The number of hydrogen-bond donors (Lipinski definition) is 1. The van der Waals surface area contributed by atoms with Gasteiger partial charge in [0.15, 0.2) is 0 Å². The van der Waals surface area contributed by atoms with E-state index in [2.05, 4.69) is 113 Å². The van der Waals surface area contributed by atoms with Crippen molar-refractivity contribution in [3.8, 4) is 42.3 Å². The Morgan fingerprint density at radius 3 is 1.18 bits per heavy atom. The predicted octanol–water partition coefficient (Wildman–Crippen LogP) is 15.7. The normalized spacial score (nSPS) is 13.1. The molecule has 9 heterocycles. The molecule has 12 heteroatoms. The van der Waals surface area contributed by atoms with Gasteiger partial charge in [-0.15, -0.1) is 57.1 Å². The van der Waals surface area contributed by atoms with Gasteiger partial charge >= 0.3 is 5.97 Å². The van der Waals surface area contributed by atoms with E-state index in [-0.39, 0.29) is 25.8 Å². The van der Waals surface area contributed by atoms with Crippen molar-refractivity contribution in [3.63, 3.8) is 0 Å². The number of pyridine rings is 5. The number of carbonyl (C=O) groups is 1. The van der Waals surface area contributed by atoms with Gasteiger partial charge in [-0.3, -0.25) is 9.97 Å². The number of nitrogens with zero attached hydrogens (tertiary/aromatic N) is 5. The number of aromatic carboxylic acids is 1. The molecular weight excluding hydrogens is 1100 g/mol. The van der Waals surface area contributed by atoms with Gasteiger partial charge in [-0.25, -0.2) is 32.5 Å². The molecule has 0 spiro atoms. The first kappa shape index (κ1) is 48.6. The van der Waals surface area contributed by atoms with E-state index < -0.39 is 5.97 Å². The SMILES string of the molecule is Cc1sc(-c2ccccn2)[c-]c1C1=C(c2cc(-c3ccccn3)sc2C)CCC1.Cc1sc(-c2ccccn2)[c-]c1C1=C(c2cc(-c3ccccn3)sc2C)CCC1.O=C(O)c1ccccn1.[Ir]. The van der Waals surface area contributed by atoms with Crippen LogP contribution in [-0.4, -0.2) is 36.0 Å². The summed E-state index contributed by atoms with van der Waals surface area (Å²) in [6.45, 7) is 8.90. The van der Waals surface area contributed by atoms with Crippen LogP contribution in [0.5, 0.6) is 0 Å². The van der Waals surface area contributed by atoms with E-state index in [1.807, 2.05) is 83.9 Å². The fourth-order valence-corrected chi connectivity index (χ4v) is 12.6. The first-order valence-electron chi connectivity index (χ1n) is 22.2. The summed E-state index contributed by atoms with van der Waals surface area (Å²) in [4.78, 5) is 42.0. The maximum atomic E-state index is 10.1. The molecule has 0 unspecified atom stereocenters. The summed E-state index contributed by atoms with van der Waals surface area (Å²) >= 11 is 7.28. The number of thiophene rings is 4. The van der Waals surface area contributed by atoms with Gasteiger partial charge in [-0.1, -0.05) is 103 Å². The van der Waals surface area contributed by atoms with Crippen LogP contribution in [0.3, 0.4) is 0 Å². The largest absolute Gasteiger partial charge is 0.477 e. The third-order valence-electron chi connectivity index (χ3n) is 11.7. The Hall–Kier alpha value is -5.85. The number of carboxylic acid groups (broad SMARTS) is 1. The molecule has 0 aliphatic heterocycles. The standard InChI is InChI=1S/2C25H21N2S2.C6H5NO2.Ir/c2*1-16-20(14-24(28-16)22-10-3-5-12-26-22)18-8-7-9-19(18)21-15-25(29-17(21)2)23-11-4-6-13-27-23;8-6(9)5-3-1-2-4-7-5;/h2*3-6,10-14H,7-9H2,1-2H3;1-4H,(H,8,9);/q2*-1;;. The Morgan fingerprint density at radius 1 is 0.471 bits per heavy atom. The van der Waals surface area contributed by atoms with Crippen LogP contribution in [0, 0.1) is 39.8 Å². The van der Waals surface area contributed by atoms with E-state index in [0.717, 1.165) is 58.2 Å². The third kappa shape index (κ3) is 11.0. The van der Waals surface area contributed by atoms with Gasteiger partial charge in [0.1, 0.15) is 5.69 Å². The molecule has 0 amide bonds. The minimum absolute atomic E-state index is 0. The molecule has 1 radical (unpaired) electrons. The Kier molecular flexibility index (Phi) is 16.1. The fraction of sp³-hybridized carbons (Fsp3) is 0.179.